The van der Waals surface area contributed by atoms with E-state index in [0.717, 1.165) is 6.26 Å². The molecule has 3 N–H and O–H groups in total. The summed E-state index contributed by atoms with van der Waals surface area (Å²) in [6.07, 6.45) is 1.48. The van der Waals surface area contributed by atoms with Gasteiger partial charge in [0.1, 0.15) is 5.60 Å². The van der Waals surface area contributed by atoms with Crippen molar-refractivity contribution < 1.29 is 17.9 Å². The first-order chi connectivity index (χ1) is 8.32. The van der Waals surface area contributed by atoms with Crippen LogP contribution in [-0.2, 0) is 20.4 Å². The van der Waals surface area contributed by atoms with Crippen LogP contribution >= 0.6 is 0 Å². The Labute approximate surface area is 105 Å². The lowest BCUT2D eigenvalue weighted by Crippen LogP contribution is -2.24. The largest absolute Gasteiger partial charge is 0.438 e. The van der Waals surface area contributed by atoms with Crippen molar-refractivity contribution in [3.05, 3.63) is 29.8 Å². The molecule has 18 heavy (non-hydrogen) atoms. The Morgan fingerprint density at radius 2 is 2.00 bits per heavy atom. The number of benzene rings is 1. The van der Waals surface area contributed by atoms with Crippen LogP contribution in [0.2, 0.25) is 0 Å². The van der Waals surface area contributed by atoms with E-state index in [-0.39, 0.29) is 0 Å². The third-order valence-corrected chi connectivity index (χ3v) is 3.30. The maximum absolute atomic E-state index is 11.3. The molecule has 1 aliphatic carbocycles. The molecule has 0 aromatic heterocycles. The first-order valence-electron chi connectivity index (χ1n) is 5.38. The van der Waals surface area contributed by atoms with Crippen molar-refractivity contribution in [1.29, 1.82) is 0 Å². The summed E-state index contributed by atoms with van der Waals surface area (Å²) in [5, 5.41) is 0. The smallest absolute Gasteiger partial charge is 0.405 e. The van der Waals surface area contributed by atoms with Gasteiger partial charge < -0.3 is 10.5 Å². The van der Waals surface area contributed by atoms with Gasteiger partial charge in [0.2, 0.25) is 10.0 Å². The van der Waals surface area contributed by atoms with Crippen LogP contribution in [-0.4, -0.2) is 20.8 Å². The van der Waals surface area contributed by atoms with Crippen LogP contribution in [0.3, 0.4) is 0 Å². The minimum absolute atomic E-state index is 0.416. The van der Waals surface area contributed by atoms with Crippen molar-refractivity contribution in [3.8, 4) is 0 Å². The zero-order chi connectivity index (χ0) is 13.4. The van der Waals surface area contributed by atoms with E-state index in [1.807, 2.05) is 0 Å². The van der Waals surface area contributed by atoms with Crippen molar-refractivity contribution in [1.82, 2.24) is 0 Å². The fraction of sp³-hybridized carbons (Fsp3) is 0.364. The molecule has 1 aromatic carbocycles. The summed E-state index contributed by atoms with van der Waals surface area (Å²) >= 11 is 0. The Bertz CT molecular complexity index is 578. The Morgan fingerprint density at radius 1 is 1.39 bits per heavy atom. The number of rotatable bonds is 4. The Kier molecular flexibility index (Phi) is 2.94. The van der Waals surface area contributed by atoms with Crippen molar-refractivity contribution in [2.45, 2.75) is 18.4 Å². The fourth-order valence-electron chi connectivity index (χ4n) is 1.90. The normalized spacial score (nSPS) is 16.9. The molecule has 1 amide bonds. The van der Waals surface area contributed by atoms with E-state index >= 15 is 0 Å². The van der Waals surface area contributed by atoms with Crippen molar-refractivity contribution in [2.75, 3.05) is 11.0 Å². The molecule has 6 nitrogen and oxygen atoms in total. The van der Waals surface area contributed by atoms with E-state index < -0.39 is 21.7 Å². The van der Waals surface area contributed by atoms with Gasteiger partial charge in [-0.2, -0.15) is 0 Å². The quantitative estimate of drug-likeness (QED) is 0.857. The Hall–Kier alpha value is -1.76. The minimum atomic E-state index is -3.38. The van der Waals surface area contributed by atoms with Crippen molar-refractivity contribution in [3.63, 3.8) is 0 Å². The lowest BCUT2D eigenvalue weighted by Gasteiger charge is -2.19. The van der Waals surface area contributed by atoms with Gasteiger partial charge in [0.15, 0.2) is 0 Å². The summed E-state index contributed by atoms with van der Waals surface area (Å²) in [5.74, 6) is 0. The second kappa shape index (κ2) is 4.16. The van der Waals surface area contributed by atoms with Gasteiger partial charge in [-0.05, 0) is 18.9 Å². The number of nitrogens with two attached hydrogens (primary N) is 1. The predicted octanol–water partition coefficient (Wildman–Crippen LogP) is 1.14. The van der Waals surface area contributed by atoms with Gasteiger partial charge in [0.25, 0.3) is 0 Å². The Balaban J connectivity index is 2.37. The molecule has 0 saturated heterocycles. The fourth-order valence-corrected chi connectivity index (χ4v) is 2.48. The second-order valence-corrected chi connectivity index (χ2v) is 6.08. The third-order valence-electron chi connectivity index (χ3n) is 2.71. The first-order valence-corrected chi connectivity index (χ1v) is 7.27. The van der Waals surface area contributed by atoms with Gasteiger partial charge in [0, 0.05) is 5.56 Å². The van der Waals surface area contributed by atoms with Crippen LogP contribution in [0.5, 0.6) is 0 Å². The standard InChI is InChI=1S/C11H14N2O4S/c1-18(15,16)13-9-5-3-2-4-8(9)11(6-7-11)17-10(12)14/h2-5,13H,6-7H2,1H3,(H2,12,14). The topological polar surface area (TPSA) is 98.5 Å². The maximum atomic E-state index is 11.3. The van der Waals surface area contributed by atoms with E-state index in [1.165, 1.54) is 0 Å². The SMILES string of the molecule is CS(=O)(=O)Nc1ccccc1C1(OC(N)=O)CC1. The highest BCUT2D eigenvalue weighted by atomic mass is 32.2. The van der Waals surface area contributed by atoms with E-state index in [1.54, 1.807) is 24.3 Å². The average Bonchev–Trinajstić information content (AvgIpc) is 2.96. The number of hydrogen-bond acceptors (Lipinski definition) is 4. The second-order valence-electron chi connectivity index (χ2n) is 4.34. The number of amides is 1. The molecule has 1 aromatic rings. The van der Waals surface area contributed by atoms with Gasteiger partial charge >= 0.3 is 6.09 Å². The van der Waals surface area contributed by atoms with E-state index in [2.05, 4.69) is 4.72 Å². The zero-order valence-corrected chi connectivity index (χ0v) is 10.7. The molecule has 98 valence electrons. The van der Waals surface area contributed by atoms with Crippen molar-refractivity contribution >= 4 is 21.8 Å². The minimum Gasteiger partial charge on any atom is -0.438 e. The molecule has 2 rings (SSSR count). The lowest BCUT2D eigenvalue weighted by molar-refractivity contribution is 0.0904. The molecule has 0 aliphatic heterocycles. The number of ether oxygens (including phenoxy) is 1. The lowest BCUT2D eigenvalue weighted by atomic mass is 10.1. The summed E-state index contributed by atoms with van der Waals surface area (Å²) < 4.78 is 30.1. The highest BCUT2D eigenvalue weighted by molar-refractivity contribution is 7.92. The van der Waals surface area contributed by atoms with E-state index in [0.29, 0.717) is 24.1 Å². The monoisotopic (exact) mass is 270 g/mol. The van der Waals surface area contributed by atoms with Crippen LogP contribution in [0, 0.1) is 0 Å². The number of para-hydroxylation sites is 1. The van der Waals surface area contributed by atoms with Crippen molar-refractivity contribution in [2.24, 2.45) is 5.73 Å². The van der Waals surface area contributed by atoms with Crippen LogP contribution in [0.25, 0.3) is 0 Å². The van der Waals surface area contributed by atoms with Crippen LogP contribution in [0.4, 0.5) is 10.5 Å². The van der Waals surface area contributed by atoms with Gasteiger partial charge in [-0.1, -0.05) is 18.2 Å². The van der Waals surface area contributed by atoms with Gasteiger partial charge in [-0.3, -0.25) is 4.72 Å². The molecule has 1 aliphatic rings. The number of anilines is 1. The average molecular weight is 270 g/mol. The highest BCUT2D eigenvalue weighted by Gasteiger charge is 2.49. The number of nitrogens with one attached hydrogen (secondary N) is 1. The zero-order valence-electron chi connectivity index (χ0n) is 9.84. The van der Waals surface area contributed by atoms with Crippen LogP contribution < -0.4 is 10.5 Å². The summed E-state index contributed by atoms with van der Waals surface area (Å²) in [4.78, 5) is 10.9. The molecular weight excluding hydrogens is 256 g/mol. The molecule has 0 atom stereocenters. The molecule has 0 heterocycles. The van der Waals surface area contributed by atoms with E-state index in [9.17, 15) is 13.2 Å². The molecule has 1 saturated carbocycles. The molecule has 0 bridgehead atoms. The van der Waals surface area contributed by atoms with Gasteiger partial charge in [0.05, 0.1) is 11.9 Å². The number of sulfonamides is 1. The molecular formula is C11H14N2O4S. The van der Waals surface area contributed by atoms with Crippen LogP contribution in [0.15, 0.2) is 24.3 Å². The van der Waals surface area contributed by atoms with Gasteiger partial charge in [-0.25, -0.2) is 13.2 Å². The highest BCUT2D eigenvalue weighted by Crippen LogP contribution is 2.51. The summed E-state index contributed by atoms with van der Waals surface area (Å²) in [7, 11) is -3.38. The maximum Gasteiger partial charge on any atom is 0.405 e. The number of carbonyl (C=O) groups is 1. The predicted molar refractivity (Wildman–Crippen MR) is 66.5 cm³/mol. The summed E-state index contributed by atoms with van der Waals surface area (Å²) in [6, 6.07) is 6.81. The molecule has 0 radical (unpaired) electrons. The number of primary amides is 1. The van der Waals surface area contributed by atoms with Crippen LogP contribution in [0.1, 0.15) is 18.4 Å². The molecule has 0 spiro atoms. The first kappa shape index (κ1) is 12.7. The molecule has 0 unspecified atom stereocenters. The summed E-state index contributed by atoms with van der Waals surface area (Å²) in [5.41, 5.74) is 5.30. The Morgan fingerprint density at radius 3 is 2.50 bits per heavy atom. The van der Waals surface area contributed by atoms with E-state index in [4.69, 9.17) is 10.5 Å². The molecule has 1 fully saturated rings. The summed E-state index contributed by atoms with van der Waals surface area (Å²) in [6.45, 7) is 0. The third kappa shape index (κ3) is 2.73. The number of hydrogen-bond donors (Lipinski definition) is 2. The van der Waals surface area contributed by atoms with Gasteiger partial charge in [-0.15, -0.1) is 0 Å². The molecule has 7 heteroatoms. The number of carbonyl (C=O) groups excluding carboxylic acids is 1.